The van der Waals surface area contributed by atoms with E-state index < -0.39 is 5.91 Å². The summed E-state index contributed by atoms with van der Waals surface area (Å²) >= 11 is 7.15. The van der Waals surface area contributed by atoms with Crippen molar-refractivity contribution in [3.05, 3.63) is 10.8 Å². The van der Waals surface area contributed by atoms with E-state index in [2.05, 4.69) is 30.8 Å². The smallest absolute Gasteiger partial charge is 0.292 e. The van der Waals surface area contributed by atoms with E-state index in [1.165, 1.54) is 11.8 Å². The van der Waals surface area contributed by atoms with Crippen LogP contribution in [0.15, 0.2) is 9.98 Å². The first-order valence-electron chi connectivity index (χ1n) is 5.63. The molecule has 0 fully saturated rings. The largest absolute Gasteiger partial charge is 0.382 e. The normalized spacial score (nSPS) is 14.7. The summed E-state index contributed by atoms with van der Waals surface area (Å²) in [6, 6.07) is 0. The number of hydrazine groups is 1. The molecule has 0 saturated heterocycles. The van der Waals surface area contributed by atoms with Gasteiger partial charge in [0.15, 0.2) is 27.7 Å². The number of halogens is 1. The molecule has 10 nitrogen and oxygen atoms in total. The van der Waals surface area contributed by atoms with Gasteiger partial charge in [-0.25, -0.2) is 9.97 Å². The maximum atomic E-state index is 11.9. The maximum Gasteiger partial charge on any atom is 0.292 e. The van der Waals surface area contributed by atoms with E-state index >= 15 is 0 Å². The van der Waals surface area contributed by atoms with Crippen LogP contribution in [-0.4, -0.2) is 39.3 Å². The summed E-state index contributed by atoms with van der Waals surface area (Å²) in [5.74, 6) is -0.0572. The maximum absolute atomic E-state index is 11.9. The molecular weight excluding hydrogens is 318 g/mol. The Morgan fingerprint density at radius 2 is 2.05 bits per heavy atom. The minimum atomic E-state index is -0.680. The van der Waals surface area contributed by atoms with Crippen LogP contribution in [0.3, 0.4) is 0 Å². The summed E-state index contributed by atoms with van der Waals surface area (Å²) in [7, 11) is 0. The fourth-order valence-corrected chi connectivity index (χ4v) is 2.15. The molecule has 12 heteroatoms. The first kappa shape index (κ1) is 15.1. The minimum Gasteiger partial charge on any atom is -0.382 e. The van der Waals surface area contributed by atoms with E-state index in [0.29, 0.717) is 11.7 Å². The molecule has 1 aliphatic heterocycles. The lowest BCUT2D eigenvalue weighted by atomic mass is 10.4. The summed E-state index contributed by atoms with van der Waals surface area (Å²) in [6.07, 6.45) is 0. The number of aromatic nitrogens is 2. The zero-order valence-electron chi connectivity index (χ0n) is 10.6. The SMILES string of the molecule is NC(=NC1=NCCS1)NNC(=O)c1nc(Cl)c(N)nc1N. The van der Waals surface area contributed by atoms with Crippen molar-refractivity contribution >= 4 is 52.0 Å². The standard InChI is InChI=1S/C9H12ClN9OS/c10-4-6(12)16-5(11)3(15-4)7(20)18-19-8(13)17-9-14-1-2-21-9/h1-2H2,(H,18,20)(H4,11,12,16)(H3,13,14,17,19). The fraction of sp³-hybridized carbons (Fsp3) is 0.222. The first-order chi connectivity index (χ1) is 9.97. The zero-order valence-corrected chi connectivity index (χ0v) is 12.2. The molecule has 0 atom stereocenters. The molecule has 1 aromatic rings. The Morgan fingerprint density at radius 1 is 1.29 bits per heavy atom. The van der Waals surface area contributed by atoms with E-state index in [1.807, 2.05) is 0 Å². The van der Waals surface area contributed by atoms with Crippen molar-refractivity contribution in [1.82, 2.24) is 20.8 Å². The predicted molar refractivity (Wildman–Crippen MR) is 82.9 cm³/mol. The number of nitrogens with one attached hydrogen (secondary N) is 2. The highest BCUT2D eigenvalue weighted by Crippen LogP contribution is 2.17. The van der Waals surface area contributed by atoms with Crippen LogP contribution in [0.4, 0.5) is 11.6 Å². The van der Waals surface area contributed by atoms with E-state index in [-0.39, 0.29) is 28.4 Å². The minimum absolute atomic E-state index is 0.0235. The highest BCUT2D eigenvalue weighted by Gasteiger charge is 2.16. The van der Waals surface area contributed by atoms with Crippen LogP contribution >= 0.6 is 23.4 Å². The summed E-state index contributed by atoms with van der Waals surface area (Å²) in [5.41, 5.74) is 21.0. The van der Waals surface area contributed by atoms with E-state index in [1.54, 1.807) is 0 Å². The van der Waals surface area contributed by atoms with Gasteiger partial charge in [0.2, 0.25) is 5.96 Å². The molecule has 2 rings (SSSR count). The van der Waals surface area contributed by atoms with Crippen LogP contribution in [0.1, 0.15) is 10.5 Å². The number of nitrogens with two attached hydrogens (primary N) is 3. The summed E-state index contributed by atoms with van der Waals surface area (Å²) in [6.45, 7) is 0.694. The van der Waals surface area contributed by atoms with Gasteiger partial charge in [0, 0.05) is 5.75 Å². The van der Waals surface area contributed by atoms with Gasteiger partial charge >= 0.3 is 0 Å². The summed E-state index contributed by atoms with van der Waals surface area (Å²) in [4.78, 5) is 27.4. The highest BCUT2D eigenvalue weighted by atomic mass is 35.5. The lowest BCUT2D eigenvalue weighted by molar-refractivity contribution is 0.0939. The lowest BCUT2D eigenvalue weighted by Crippen LogP contribution is -2.46. The van der Waals surface area contributed by atoms with Crippen LogP contribution in [0.5, 0.6) is 0 Å². The molecule has 0 unspecified atom stereocenters. The number of nitrogen functional groups attached to an aromatic ring is 2. The monoisotopic (exact) mass is 329 g/mol. The number of amidine groups is 1. The third kappa shape index (κ3) is 3.86. The average Bonchev–Trinajstić information content (AvgIpc) is 2.93. The second-order valence-corrected chi connectivity index (χ2v) is 5.14. The van der Waals surface area contributed by atoms with Gasteiger partial charge in [-0.2, -0.15) is 4.99 Å². The third-order valence-corrected chi connectivity index (χ3v) is 3.35. The molecule has 21 heavy (non-hydrogen) atoms. The highest BCUT2D eigenvalue weighted by molar-refractivity contribution is 8.14. The van der Waals surface area contributed by atoms with Gasteiger partial charge in [-0.05, 0) is 0 Å². The van der Waals surface area contributed by atoms with Gasteiger partial charge in [0.05, 0.1) is 6.54 Å². The number of carbonyl (C=O) groups excluding carboxylic acids is 1. The van der Waals surface area contributed by atoms with Gasteiger partial charge in [0.1, 0.15) is 0 Å². The second-order valence-electron chi connectivity index (χ2n) is 3.72. The van der Waals surface area contributed by atoms with Crippen molar-refractivity contribution < 1.29 is 4.79 Å². The fourth-order valence-electron chi connectivity index (χ4n) is 1.31. The van der Waals surface area contributed by atoms with Gasteiger partial charge in [-0.3, -0.25) is 20.6 Å². The molecule has 0 radical (unpaired) electrons. The number of anilines is 2. The van der Waals surface area contributed by atoms with Crippen LogP contribution in [0.25, 0.3) is 0 Å². The van der Waals surface area contributed by atoms with E-state index in [9.17, 15) is 4.79 Å². The number of hydrogen-bond acceptors (Lipinski definition) is 8. The van der Waals surface area contributed by atoms with E-state index in [0.717, 1.165) is 5.75 Å². The van der Waals surface area contributed by atoms with Crippen LogP contribution in [-0.2, 0) is 0 Å². The van der Waals surface area contributed by atoms with Gasteiger partial charge < -0.3 is 17.2 Å². The Balaban J connectivity index is 2.00. The number of hydrogen-bond donors (Lipinski definition) is 5. The Morgan fingerprint density at radius 3 is 2.71 bits per heavy atom. The quantitative estimate of drug-likeness (QED) is 0.247. The second kappa shape index (κ2) is 6.45. The Kier molecular flexibility index (Phi) is 4.65. The van der Waals surface area contributed by atoms with Crippen LogP contribution in [0, 0.1) is 0 Å². The van der Waals surface area contributed by atoms with Crippen molar-refractivity contribution in [3.8, 4) is 0 Å². The average molecular weight is 330 g/mol. The van der Waals surface area contributed by atoms with Crippen LogP contribution < -0.4 is 28.1 Å². The molecule has 0 saturated carbocycles. The topological polar surface area (TPSA) is 170 Å². The molecule has 0 bridgehead atoms. The van der Waals surface area contributed by atoms with Crippen molar-refractivity contribution in [2.24, 2.45) is 15.7 Å². The first-order valence-corrected chi connectivity index (χ1v) is 7.00. The third-order valence-electron chi connectivity index (χ3n) is 2.21. The number of thioether (sulfide) groups is 1. The Labute approximate surface area is 128 Å². The number of nitrogens with zero attached hydrogens (tertiary/aromatic N) is 4. The lowest BCUT2D eigenvalue weighted by Gasteiger charge is -2.09. The number of amides is 1. The number of carbonyl (C=O) groups is 1. The number of aliphatic imine (C=N–C) groups is 2. The number of guanidine groups is 1. The summed E-state index contributed by atoms with van der Waals surface area (Å²) < 4.78 is 0. The molecule has 0 spiro atoms. The van der Waals surface area contributed by atoms with Gasteiger partial charge in [-0.1, -0.05) is 23.4 Å². The number of rotatable bonds is 1. The molecule has 1 amide bonds. The molecule has 0 aliphatic carbocycles. The van der Waals surface area contributed by atoms with Crippen molar-refractivity contribution in [2.45, 2.75) is 0 Å². The van der Waals surface area contributed by atoms with Crippen molar-refractivity contribution in [3.63, 3.8) is 0 Å². The Hall–Kier alpha value is -2.27. The van der Waals surface area contributed by atoms with Gasteiger partial charge in [0.25, 0.3) is 5.91 Å². The summed E-state index contributed by atoms with van der Waals surface area (Å²) in [5, 5.41) is 0.428. The van der Waals surface area contributed by atoms with Crippen molar-refractivity contribution in [2.75, 3.05) is 23.8 Å². The van der Waals surface area contributed by atoms with Crippen molar-refractivity contribution in [1.29, 1.82) is 0 Å². The molecular formula is C9H12ClN9OS. The van der Waals surface area contributed by atoms with E-state index in [4.69, 9.17) is 28.8 Å². The Bertz CT molecular complexity index is 632. The molecule has 1 aliphatic rings. The molecule has 2 heterocycles. The van der Waals surface area contributed by atoms with Crippen LogP contribution in [0.2, 0.25) is 5.15 Å². The molecule has 0 aromatic carbocycles. The van der Waals surface area contributed by atoms with Gasteiger partial charge in [-0.15, -0.1) is 0 Å². The molecule has 1 aromatic heterocycles. The zero-order chi connectivity index (χ0) is 15.4. The molecule has 8 N–H and O–H groups in total. The predicted octanol–water partition coefficient (Wildman–Crippen LogP) is -1.05. The molecule has 112 valence electrons.